The van der Waals surface area contributed by atoms with E-state index in [1.807, 2.05) is 36.5 Å². The van der Waals surface area contributed by atoms with Crippen molar-refractivity contribution in [2.45, 2.75) is 13.5 Å². The maximum Gasteiger partial charge on any atom is 0.344 e. The lowest BCUT2D eigenvalue weighted by molar-refractivity contribution is -0.147. The van der Waals surface area contributed by atoms with Crippen molar-refractivity contribution in [2.24, 2.45) is 0 Å². The minimum Gasteiger partial charge on any atom is -0.482 e. The van der Waals surface area contributed by atoms with Gasteiger partial charge < -0.3 is 9.47 Å². The van der Waals surface area contributed by atoms with E-state index in [1.165, 1.54) is 6.92 Å². The van der Waals surface area contributed by atoms with Gasteiger partial charge in [-0.1, -0.05) is 18.2 Å². The fraction of sp³-hybridized carbons (Fsp3) is 0.150. The summed E-state index contributed by atoms with van der Waals surface area (Å²) in [6.07, 6.45) is 1.81. The van der Waals surface area contributed by atoms with Crippen LogP contribution in [0.25, 0.3) is 5.69 Å². The average Bonchev–Trinajstić information content (AvgIpc) is 3.15. The summed E-state index contributed by atoms with van der Waals surface area (Å²) in [4.78, 5) is 23.0. The zero-order valence-electron chi connectivity index (χ0n) is 14.3. The zero-order chi connectivity index (χ0) is 18.4. The van der Waals surface area contributed by atoms with Gasteiger partial charge in [0.25, 0.3) is 0 Å². The van der Waals surface area contributed by atoms with Crippen LogP contribution in [0.15, 0.2) is 66.9 Å². The van der Waals surface area contributed by atoms with Gasteiger partial charge in [-0.3, -0.25) is 4.79 Å². The van der Waals surface area contributed by atoms with Crippen LogP contribution in [-0.4, -0.2) is 28.1 Å². The van der Waals surface area contributed by atoms with Gasteiger partial charge in [0.15, 0.2) is 12.4 Å². The van der Waals surface area contributed by atoms with E-state index in [0.29, 0.717) is 17.0 Å². The van der Waals surface area contributed by atoms with Crippen LogP contribution in [0.1, 0.15) is 23.0 Å². The molecule has 0 bridgehead atoms. The Hall–Kier alpha value is -3.41. The van der Waals surface area contributed by atoms with Crippen LogP contribution >= 0.6 is 0 Å². The number of para-hydroxylation sites is 1. The fourth-order valence-corrected chi connectivity index (χ4v) is 2.29. The van der Waals surface area contributed by atoms with Crippen LogP contribution in [0.5, 0.6) is 5.75 Å². The quantitative estimate of drug-likeness (QED) is 0.483. The molecular formula is C20H18N2O4. The Morgan fingerprint density at radius 2 is 1.73 bits per heavy atom. The van der Waals surface area contributed by atoms with Gasteiger partial charge in [0.05, 0.1) is 5.69 Å². The third kappa shape index (κ3) is 4.57. The van der Waals surface area contributed by atoms with Gasteiger partial charge in [0, 0.05) is 11.8 Å². The molecule has 0 aliphatic heterocycles. The summed E-state index contributed by atoms with van der Waals surface area (Å²) in [5.41, 5.74) is 2.17. The Balaban J connectivity index is 1.47. The lowest BCUT2D eigenvalue weighted by Crippen LogP contribution is -2.15. The van der Waals surface area contributed by atoms with Crippen molar-refractivity contribution in [2.75, 3.05) is 6.61 Å². The Morgan fingerprint density at radius 1 is 1.00 bits per heavy atom. The molecule has 26 heavy (non-hydrogen) atoms. The average molecular weight is 350 g/mol. The van der Waals surface area contributed by atoms with E-state index in [1.54, 1.807) is 35.0 Å². The van der Waals surface area contributed by atoms with Gasteiger partial charge in [-0.2, -0.15) is 5.10 Å². The Morgan fingerprint density at radius 3 is 2.42 bits per heavy atom. The first-order valence-corrected chi connectivity index (χ1v) is 8.11. The molecule has 0 aliphatic carbocycles. The van der Waals surface area contributed by atoms with Crippen molar-refractivity contribution in [3.63, 3.8) is 0 Å². The highest BCUT2D eigenvalue weighted by molar-refractivity contribution is 5.94. The largest absolute Gasteiger partial charge is 0.482 e. The normalized spacial score (nSPS) is 10.3. The van der Waals surface area contributed by atoms with Crippen molar-refractivity contribution in [3.8, 4) is 11.4 Å². The summed E-state index contributed by atoms with van der Waals surface area (Å²) >= 11 is 0. The van der Waals surface area contributed by atoms with Crippen LogP contribution in [0.3, 0.4) is 0 Å². The fourth-order valence-electron chi connectivity index (χ4n) is 2.29. The Labute approximate surface area is 151 Å². The van der Waals surface area contributed by atoms with E-state index in [4.69, 9.17) is 9.47 Å². The van der Waals surface area contributed by atoms with Crippen LogP contribution < -0.4 is 4.74 Å². The predicted molar refractivity (Wildman–Crippen MR) is 95.3 cm³/mol. The van der Waals surface area contributed by atoms with Crippen molar-refractivity contribution < 1.29 is 19.1 Å². The third-order valence-electron chi connectivity index (χ3n) is 3.66. The molecule has 3 aromatic rings. The molecule has 0 spiro atoms. The molecule has 0 aliphatic rings. The molecule has 0 N–H and O–H groups in total. The number of nitrogens with zero attached hydrogens (tertiary/aromatic N) is 2. The maximum absolute atomic E-state index is 11.8. The van der Waals surface area contributed by atoms with Crippen molar-refractivity contribution >= 4 is 11.8 Å². The van der Waals surface area contributed by atoms with Crippen LogP contribution in [-0.2, 0) is 16.1 Å². The van der Waals surface area contributed by atoms with Gasteiger partial charge in [0.1, 0.15) is 18.1 Å². The second-order valence-corrected chi connectivity index (χ2v) is 5.62. The molecule has 0 fully saturated rings. The number of hydrogen-bond acceptors (Lipinski definition) is 5. The van der Waals surface area contributed by atoms with Crippen molar-refractivity contribution in [1.29, 1.82) is 0 Å². The number of carbonyl (C=O) groups excluding carboxylic acids is 2. The SMILES string of the molecule is CC(=O)c1ccc(OCC(=O)OCc2ccn(-c3ccccc3)n2)cc1. The molecule has 2 aromatic carbocycles. The molecule has 0 saturated carbocycles. The van der Waals surface area contributed by atoms with E-state index >= 15 is 0 Å². The lowest BCUT2D eigenvalue weighted by atomic mass is 10.1. The number of hydrogen-bond donors (Lipinski definition) is 0. The van der Waals surface area contributed by atoms with Crippen molar-refractivity contribution in [1.82, 2.24) is 9.78 Å². The second-order valence-electron chi connectivity index (χ2n) is 5.62. The third-order valence-corrected chi connectivity index (χ3v) is 3.66. The first kappa shape index (κ1) is 17.4. The maximum atomic E-state index is 11.8. The molecule has 1 heterocycles. The lowest BCUT2D eigenvalue weighted by Gasteiger charge is -2.06. The highest BCUT2D eigenvalue weighted by Crippen LogP contribution is 2.13. The van der Waals surface area contributed by atoms with Crippen LogP contribution in [0.4, 0.5) is 0 Å². The van der Waals surface area contributed by atoms with E-state index in [0.717, 1.165) is 5.69 Å². The number of Topliss-reactive ketones (excluding diaryl/α,β-unsaturated/α-hetero) is 1. The molecule has 0 radical (unpaired) electrons. The summed E-state index contributed by atoms with van der Waals surface area (Å²) in [6, 6.07) is 18.1. The highest BCUT2D eigenvalue weighted by atomic mass is 16.6. The highest BCUT2D eigenvalue weighted by Gasteiger charge is 2.08. The number of ether oxygens (including phenoxy) is 2. The zero-order valence-corrected chi connectivity index (χ0v) is 14.3. The first-order chi connectivity index (χ1) is 12.6. The summed E-state index contributed by atoms with van der Waals surface area (Å²) in [6.45, 7) is 1.36. The number of esters is 1. The summed E-state index contributed by atoms with van der Waals surface area (Å²) < 4.78 is 12.2. The summed E-state index contributed by atoms with van der Waals surface area (Å²) in [5.74, 6) is -0.0129. The van der Waals surface area contributed by atoms with Crippen molar-refractivity contribution in [3.05, 3.63) is 78.1 Å². The molecule has 6 heteroatoms. The monoisotopic (exact) mass is 350 g/mol. The number of benzene rings is 2. The van der Waals surface area contributed by atoms with E-state index in [2.05, 4.69) is 5.10 Å². The molecular weight excluding hydrogens is 332 g/mol. The second kappa shape index (κ2) is 8.11. The minimum atomic E-state index is -0.491. The standard InChI is InChI=1S/C20H18N2O4/c1-15(23)16-7-9-19(10-8-16)25-14-20(24)26-13-17-11-12-22(21-17)18-5-3-2-4-6-18/h2-12H,13-14H2,1H3. The number of rotatable bonds is 7. The molecule has 0 unspecified atom stereocenters. The topological polar surface area (TPSA) is 70.4 Å². The van der Waals surface area contributed by atoms with E-state index in [-0.39, 0.29) is 19.0 Å². The molecule has 1 aromatic heterocycles. The predicted octanol–water partition coefficient (Wildman–Crippen LogP) is 3.20. The number of aromatic nitrogens is 2. The Bertz CT molecular complexity index is 886. The molecule has 6 nitrogen and oxygen atoms in total. The van der Waals surface area contributed by atoms with Gasteiger partial charge in [-0.05, 0) is 49.4 Å². The number of ketones is 1. The van der Waals surface area contributed by atoms with Gasteiger partial charge >= 0.3 is 5.97 Å². The van der Waals surface area contributed by atoms with Gasteiger partial charge in [0.2, 0.25) is 0 Å². The molecule has 0 atom stereocenters. The smallest absolute Gasteiger partial charge is 0.344 e. The number of carbonyl (C=O) groups is 2. The van der Waals surface area contributed by atoms with Crippen LogP contribution in [0.2, 0.25) is 0 Å². The minimum absolute atomic E-state index is 0.0223. The molecule has 0 saturated heterocycles. The van der Waals surface area contributed by atoms with Gasteiger partial charge in [-0.25, -0.2) is 9.48 Å². The summed E-state index contributed by atoms with van der Waals surface area (Å²) in [5, 5.41) is 4.36. The summed E-state index contributed by atoms with van der Waals surface area (Å²) in [7, 11) is 0. The first-order valence-electron chi connectivity index (χ1n) is 8.11. The molecule has 0 amide bonds. The van der Waals surface area contributed by atoms with Gasteiger partial charge in [-0.15, -0.1) is 0 Å². The van der Waals surface area contributed by atoms with E-state index < -0.39 is 5.97 Å². The molecule has 132 valence electrons. The Kier molecular flexibility index (Phi) is 5.43. The molecule has 3 rings (SSSR count). The van der Waals surface area contributed by atoms with E-state index in [9.17, 15) is 9.59 Å². The van der Waals surface area contributed by atoms with Crippen LogP contribution in [0, 0.1) is 0 Å².